The molecule has 0 aromatic carbocycles. The Kier molecular flexibility index (Phi) is 5.21. The summed E-state index contributed by atoms with van der Waals surface area (Å²) in [5.74, 6) is 0.940. The third-order valence-electron chi connectivity index (χ3n) is 3.95. The minimum Gasteiger partial charge on any atom is -0.329 e. The number of likely N-dealkylation sites (tertiary alicyclic amines) is 1. The Balaban J connectivity index is 2.58. The molecule has 0 aliphatic carbocycles. The molecule has 1 aliphatic heterocycles. The normalized spacial score (nSPS) is 27.4. The molecule has 1 aliphatic rings. The standard InChI is InChI=1S/C13H28N2O2S/c1-11-5-6-15(12(9-11)10-14)7-8-18(16,17)13(2,3)4/h11-12H,5-10,14H2,1-4H3. The monoisotopic (exact) mass is 276 g/mol. The van der Waals surface area contributed by atoms with Gasteiger partial charge in [-0.3, -0.25) is 4.90 Å². The molecule has 1 fully saturated rings. The molecular formula is C13H28N2O2S. The molecule has 1 rings (SSSR count). The van der Waals surface area contributed by atoms with E-state index in [4.69, 9.17) is 5.73 Å². The number of piperidine rings is 1. The topological polar surface area (TPSA) is 63.4 Å². The first-order valence-corrected chi connectivity index (χ1v) is 8.49. The lowest BCUT2D eigenvalue weighted by Crippen LogP contribution is -2.48. The first-order chi connectivity index (χ1) is 8.17. The molecular weight excluding hydrogens is 248 g/mol. The van der Waals surface area contributed by atoms with Gasteiger partial charge in [-0.1, -0.05) is 6.92 Å². The molecule has 18 heavy (non-hydrogen) atoms. The van der Waals surface area contributed by atoms with Gasteiger partial charge in [-0.15, -0.1) is 0 Å². The average Bonchev–Trinajstić information content (AvgIpc) is 2.25. The van der Waals surface area contributed by atoms with E-state index in [1.807, 2.05) is 0 Å². The summed E-state index contributed by atoms with van der Waals surface area (Å²) in [5, 5.41) is 0. The minimum atomic E-state index is -3.02. The molecule has 2 N–H and O–H groups in total. The van der Waals surface area contributed by atoms with Crippen molar-refractivity contribution in [3.05, 3.63) is 0 Å². The van der Waals surface area contributed by atoms with Crippen LogP contribution in [-0.4, -0.2) is 49.5 Å². The molecule has 0 saturated carbocycles. The van der Waals surface area contributed by atoms with Gasteiger partial charge in [-0.25, -0.2) is 8.42 Å². The van der Waals surface area contributed by atoms with Gasteiger partial charge in [0.05, 0.1) is 10.5 Å². The van der Waals surface area contributed by atoms with Gasteiger partial charge in [0.1, 0.15) is 0 Å². The largest absolute Gasteiger partial charge is 0.329 e. The summed E-state index contributed by atoms with van der Waals surface area (Å²) >= 11 is 0. The summed E-state index contributed by atoms with van der Waals surface area (Å²) in [6, 6.07) is 0.351. The van der Waals surface area contributed by atoms with Crippen molar-refractivity contribution < 1.29 is 8.42 Å². The van der Waals surface area contributed by atoms with Crippen LogP contribution in [0.1, 0.15) is 40.5 Å². The maximum atomic E-state index is 12.1. The quantitative estimate of drug-likeness (QED) is 0.839. The van der Waals surface area contributed by atoms with E-state index in [-0.39, 0.29) is 5.75 Å². The van der Waals surface area contributed by atoms with Crippen molar-refractivity contribution in [2.75, 3.05) is 25.4 Å². The van der Waals surface area contributed by atoms with Crippen LogP contribution in [0.2, 0.25) is 0 Å². The van der Waals surface area contributed by atoms with Crippen molar-refractivity contribution in [1.29, 1.82) is 0 Å². The molecule has 2 atom stereocenters. The number of sulfone groups is 1. The van der Waals surface area contributed by atoms with E-state index >= 15 is 0 Å². The second-order valence-corrected chi connectivity index (χ2v) is 9.35. The average molecular weight is 276 g/mol. The second-order valence-electron chi connectivity index (χ2n) is 6.49. The maximum Gasteiger partial charge on any atom is 0.156 e. The van der Waals surface area contributed by atoms with Gasteiger partial charge in [0, 0.05) is 19.1 Å². The third kappa shape index (κ3) is 3.93. The summed E-state index contributed by atoms with van der Waals surface area (Å²) in [6.45, 7) is 9.76. The smallest absolute Gasteiger partial charge is 0.156 e. The van der Waals surface area contributed by atoms with Crippen LogP contribution in [0.25, 0.3) is 0 Å². The van der Waals surface area contributed by atoms with Crippen LogP contribution in [0, 0.1) is 5.92 Å². The predicted octanol–water partition coefficient (Wildman–Crippen LogP) is 1.26. The Morgan fingerprint density at radius 3 is 2.44 bits per heavy atom. The number of nitrogens with two attached hydrogens (primary N) is 1. The molecule has 4 nitrogen and oxygen atoms in total. The van der Waals surface area contributed by atoms with Crippen molar-refractivity contribution in [2.24, 2.45) is 11.7 Å². The van der Waals surface area contributed by atoms with Crippen molar-refractivity contribution >= 4 is 9.84 Å². The zero-order chi connectivity index (χ0) is 14.0. The fraction of sp³-hybridized carbons (Fsp3) is 1.00. The van der Waals surface area contributed by atoms with Crippen molar-refractivity contribution in [3.8, 4) is 0 Å². The molecule has 1 saturated heterocycles. The fourth-order valence-electron chi connectivity index (χ4n) is 2.38. The minimum absolute atomic E-state index is 0.237. The molecule has 0 bridgehead atoms. The van der Waals surface area contributed by atoms with Crippen molar-refractivity contribution in [3.63, 3.8) is 0 Å². The SMILES string of the molecule is CC1CCN(CCS(=O)(=O)C(C)(C)C)C(CN)C1. The summed E-state index contributed by atoms with van der Waals surface area (Å²) < 4.78 is 23.5. The second kappa shape index (κ2) is 5.88. The van der Waals surface area contributed by atoms with Crippen LogP contribution in [0.15, 0.2) is 0 Å². The highest BCUT2D eigenvalue weighted by molar-refractivity contribution is 7.92. The predicted molar refractivity (Wildman–Crippen MR) is 76.4 cm³/mol. The van der Waals surface area contributed by atoms with Gasteiger partial charge >= 0.3 is 0 Å². The highest BCUT2D eigenvalue weighted by Gasteiger charge is 2.31. The van der Waals surface area contributed by atoms with E-state index in [0.717, 1.165) is 19.4 Å². The molecule has 5 heteroatoms. The number of rotatable bonds is 4. The van der Waals surface area contributed by atoms with Gasteiger partial charge in [-0.05, 0) is 46.1 Å². The summed E-state index contributed by atoms with van der Waals surface area (Å²) in [7, 11) is -3.02. The van der Waals surface area contributed by atoms with Gasteiger partial charge in [-0.2, -0.15) is 0 Å². The first kappa shape index (κ1) is 15.9. The van der Waals surface area contributed by atoms with Gasteiger partial charge < -0.3 is 5.73 Å². The van der Waals surface area contributed by atoms with Crippen LogP contribution in [0.5, 0.6) is 0 Å². The lowest BCUT2D eigenvalue weighted by Gasteiger charge is -2.38. The molecule has 0 amide bonds. The molecule has 108 valence electrons. The Morgan fingerprint density at radius 1 is 1.33 bits per heavy atom. The zero-order valence-corrected chi connectivity index (χ0v) is 13.0. The van der Waals surface area contributed by atoms with Gasteiger partial charge in [0.25, 0.3) is 0 Å². The Hall–Kier alpha value is -0.130. The van der Waals surface area contributed by atoms with Crippen LogP contribution in [0.4, 0.5) is 0 Å². The van der Waals surface area contributed by atoms with E-state index in [1.165, 1.54) is 0 Å². The van der Waals surface area contributed by atoms with Crippen LogP contribution < -0.4 is 5.73 Å². The lowest BCUT2D eigenvalue weighted by molar-refractivity contribution is 0.130. The Labute approximate surface area is 112 Å². The van der Waals surface area contributed by atoms with E-state index in [1.54, 1.807) is 20.8 Å². The van der Waals surface area contributed by atoms with Crippen molar-refractivity contribution in [2.45, 2.75) is 51.3 Å². The van der Waals surface area contributed by atoms with E-state index < -0.39 is 14.6 Å². The maximum absolute atomic E-state index is 12.1. The molecule has 1 heterocycles. The number of hydrogen-bond acceptors (Lipinski definition) is 4. The van der Waals surface area contributed by atoms with Crippen LogP contribution in [-0.2, 0) is 9.84 Å². The zero-order valence-electron chi connectivity index (χ0n) is 12.1. The lowest BCUT2D eigenvalue weighted by atomic mass is 9.92. The summed E-state index contributed by atoms with van der Waals surface area (Å²) in [6.07, 6.45) is 2.23. The summed E-state index contributed by atoms with van der Waals surface area (Å²) in [5.41, 5.74) is 5.79. The van der Waals surface area contributed by atoms with Crippen LogP contribution >= 0.6 is 0 Å². The fourth-order valence-corrected chi connectivity index (χ4v) is 3.47. The molecule has 0 aromatic heterocycles. The van der Waals surface area contributed by atoms with Gasteiger partial charge in [0.2, 0.25) is 0 Å². The molecule has 0 spiro atoms. The molecule has 0 aromatic rings. The number of nitrogens with zero attached hydrogens (tertiary/aromatic N) is 1. The highest BCUT2D eigenvalue weighted by Crippen LogP contribution is 2.23. The van der Waals surface area contributed by atoms with E-state index in [9.17, 15) is 8.42 Å². The third-order valence-corrected chi connectivity index (χ3v) is 6.54. The summed E-state index contributed by atoms with van der Waals surface area (Å²) in [4.78, 5) is 2.25. The van der Waals surface area contributed by atoms with Crippen molar-refractivity contribution in [1.82, 2.24) is 4.90 Å². The van der Waals surface area contributed by atoms with E-state index in [2.05, 4.69) is 11.8 Å². The first-order valence-electron chi connectivity index (χ1n) is 6.84. The van der Waals surface area contributed by atoms with Gasteiger partial charge in [0.15, 0.2) is 9.84 Å². The molecule has 0 radical (unpaired) electrons. The Bertz CT molecular complexity index is 360. The number of hydrogen-bond donors (Lipinski definition) is 1. The van der Waals surface area contributed by atoms with Crippen LogP contribution in [0.3, 0.4) is 0 Å². The Morgan fingerprint density at radius 2 is 1.94 bits per heavy atom. The molecule has 2 unspecified atom stereocenters. The van der Waals surface area contributed by atoms with E-state index in [0.29, 0.717) is 25.0 Å². The highest BCUT2D eigenvalue weighted by atomic mass is 32.2.